The Bertz CT molecular complexity index is 1100. The zero-order chi connectivity index (χ0) is 17.7. The molecule has 6 heteroatoms. The van der Waals surface area contributed by atoms with Gasteiger partial charge >= 0.3 is 5.63 Å². The van der Waals surface area contributed by atoms with Crippen molar-refractivity contribution < 1.29 is 18.7 Å². The van der Waals surface area contributed by atoms with Crippen molar-refractivity contribution in [2.45, 2.75) is 13.0 Å². The number of nitrogens with zero attached hydrogens (tertiary/aromatic N) is 1. The Hall–Kier alpha value is -3.28. The van der Waals surface area contributed by atoms with E-state index in [1.165, 1.54) is 0 Å². The van der Waals surface area contributed by atoms with Gasteiger partial charge in [-0.1, -0.05) is 18.2 Å². The van der Waals surface area contributed by atoms with E-state index < -0.39 is 5.63 Å². The maximum atomic E-state index is 12.9. The Morgan fingerprint density at radius 1 is 1.00 bits per heavy atom. The van der Waals surface area contributed by atoms with Crippen molar-refractivity contribution in [2.75, 3.05) is 13.3 Å². The van der Waals surface area contributed by atoms with E-state index in [4.69, 9.17) is 13.9 Å². The van der Waals surface area contributed by atoms with Crippen LogP contribution in [0.4, 0.5) is 0 Å². The topological polar surface area (TPSA) is 69.0 Å². The Morgan fingerprint density at radius 2 is 1.77 bits per heavy atom. The maximum Gasteiger partial charge on any atom is 0.349 e. The Labute approximate surface area is 148 Å². The minimum absolute atomic E-state index is 0.0629. The van der Waals surface area contributed by atoms with Crippen molar-refractivity contribution in [3.05, 3.63) is 69.6 Å². The van der Waals surface area contributed by atoms with Gasteiger partial charge < -0.3 is 18.8 Å². The summed E-state index contributed by atoms with van der Waals surface area (Å²) in [6.45, 7) is 1.19. The van der Waals surface area contributed by atoms with E-state index in [-0.39, 0.29) is 18.3 Å². The van der Waals surface area contributed by atoms with Crippen LogP contribution < -0.4 is 15.1 Å². The summed E-state index contributed by atoms with van der Waals surface area (Å²) in [6.07, 6.45) is 0.705. The molecular weight excluding hydrogens is 334 g/mol. The van der Waals surface area contributed by atoms with E-state index in [1.54, 1.807) is 23.1 Å². The van der Waals surface area contributed by atoms with Gasteiger partial charge in [-0.3, -0.25) is 4.79 Å². The summed E-state index contributed by atoms with van der Waals surface area (Å²) in [5.74, 6) is 1.13. The number of carbonyl (C=O) groups is 1. The number of para-hydroxylation sites is 1. The smallest absolute Gasteiger partial charge is 0.349 e. The summed E-state index contributed by atoms with van der Waals surface area (Å²) < 4.78 is 16.1. The zero-order valence-corrected chi connectivity index (χ0v) is 13.9. The molecule has 0 atom stereocenters. The van der Waals surface area contributed by atoms with Crippen molar-refractivity contribution in [1.29, 1.82) is 0 Å². The number of ether oxygens (including phenoxy) is 2. The molecule has 1 amide bonds. The molecule has 3 aromatic rings. The number of amides is 1. The second kappa shape index (κ2) is 5.62. The highest BCUT2D eigenvalue weighted by Crippen LogP contribution is 2.36. The highest BCUT2D eigenvalue weighted by molar-refractivity contribution is 5.96. The fourth-order valence-corrected chi connectivity index (χ4v) is 3.50. The van der Waals surface area contributed by atoms with Gasteiger partial charge in [0, 0.05) is 18.5 Å². The lowest BCUT2D eigenvalue weighted by Gasteiger charge is -2.28. The van der Waals surface area contributed by atoms with Crippen LogP contribution in [0.2, 0.25) is 0 Å². The third-order valence-electron chi connectivity index (χ3n) is 4.87. The van der Waals surface area contributed by atoms with Crippen molar-refractivity contribution in [3.63, 3.8) is 0 Å². The average Bonchev–Trinajstić information content (AvgIpc) is 3.11. The largest absolute Gasteiger partial charge is 0.454 e. The van der Waals surface area contributed by atoms with Crippen molar-refractivity contribution in [3.8, 4) is 11.5 Å². The third kappa shape index (κ3) is 2.34. The monoisotopic (exact) mass is 349 g/mol. The molecule has 6 nitrogen and oxygen atoms in total. The Balaban J connectivity index is 1.48. The average molecular weight is 349 g/mol. The molecule has 0 fully saturated rings. The molecule has 2 aromatic carbocycles. The summed E-state index contributed by atoms with van der Waals surface area (Å²) >= 11 is 0. The summed E-state index contributed by atoms with van der Waals surface area (Å²) in [4.78, 5) is 26.9. The molecule has 0 aliphatic carbocycles. The molecule has 130 valence electrons. The number of carbonyl (C=O) groups excluding carboxylic acids is 1. The molecule has 26 heavy (non-hydrogen) atoms. The van der Waals surface area contributed by atoms with Crippen LogP contribution in [0.3, 0.4) is 0 Å². The number of hydrogen-bond donors (Lipinski definition) is 0. The van der Waals surface area contributed by atoms with E-state index in [9.17, 15) is 9.59 Å². The van der Waals surface area contributed by atoms with E-state index in [0.717, 1.165) is 22.3 Å². The molecule has 0 unspecified atom stereocenters. The van der Waals surface area contributed by atoms with Crippen molar-refractivity contribution in [1.82, 2.24) is 4.90 Å². The van der Waals surface area contributed by atoms with Crippen LogP contribution in [0.25, 0.3) is 11.0 Å². The molecule has 0 spiro atoms. The predicted octanol–water partition coefficient (Wildman–Crippen LogP) is 2.72. The summed E-state index contributed by atoms with van der Waals surface area (Å²) in [7, 11) is 0. The highest BCUT2D eigenvalue weighted by Gasteiger charge is 2.27. The molecule has 0 N–H and O–H groups in total. The SMILES string of the molecule is O=C(c1cc2ccccc2oc1=O)N1CCc2cc3c(cc2C1)OCO3. The third-order valence-corrected chi connectivity index (χ3v) is 4.87. The van der Waals surface area contributed by atoms with Crippen LogP contribution in [0.5, 0.6) is 11.5 Å². The van der Waals surface area contributed by atoms with Crippen molar-refractivity contribution >= 4 is 16.9 Å². The first-order chi connectivity index (χ1) is 12.7. The molecule has 0 bridgehead atoms. The van der Waals surface area contributed by atoms with Gasteiger partial charge in [0.2, 0.25) is 6.79 Å². The molecular formula is C20H15NO5. The van der Waals surface area contributed by atoms with Crippen molar-refractivity contribution in [2.24, 2.45) is 0 Å². The van der Waals surface area contributed by atoms with Crippen LogP contribution in [-0.2, 0) is 13.0 Å². The summed E-state index contributed by atoms with van der Waals surface area (Å²) in [5, 5.41) is 0.733. The van der Waals surface area contributed by atoms with Gasteiger partial charge in [0.05, 0.1) is 0 Å². The van der Waals surface area contributed by atoms with Gasteiger partial charge in [0.15, 0.2) is 11.5 Å². The van der Waals surface area contributed by atoms with Gasteiger partial charge in [0.1, 0.15) is 11.1 Å². The molecule has 2 aliphatic rings. The lowest BCUT2D eigenvalue weighted by atomic mass is 9.98. The van der Waals surface area contributed by atoms with Gasteiger partial charge in [-0.05, 0) is 41.8 Å². The highest BCUT2D eigenvalue weighted by atomic mass is 16.7. The first kappa shape index (κ1) is 15.0. The molecule has 0 saturated carbocycles. The van der Waals surface area contributed by atoms with Gasteiger partial charge in [0.25, 0.3) is 5.91 Å². The molecule has 3 heterocycles. The lowest BCUT2D eigenvalue weighted by Crippen LogP contribution is -2.38. The van der Waals surface area contributed by atoms with E-state index in [0.29, 0.717) is 30.8 Å². The maximum absolute atomic E-state index is 12.9. The Morgan fingerprint density at radius 3 is 2.62 bits per heavy atom. The number of fused-ring (bicyclic) bond motifs is 3. The van der Waals surface area contributed by atoms with Gasteiger partial charge in [-0.25, -0.2) is 4.79 Å². The lowest BCUT2D eigenvalue weighted by molar-refractivity contribution is 0.0730. The van der Waals surface area contributed by atoms with Crippen LogP contribution in [0, 0.1) is 0 Å². The molecule has 5 rings (SSSR count). The second-order valence-corrected chi connectivity index (χ2v) is 6.44. The number of rotatable bonds is 1. The normalized spacial score (nSPS) is 15.2. The van der Waals surface area contributed by atoms with E-state index >= 15 is 0 Å². The van der Waals surface area contributed by atoms with Crippen LogP contribution in [0.15, 0.2) is 51.7 Å². The molecule has 2 aliphatic heterocycles. The van der Waals surface area contributed by atoms with E-state index in [2.05, 4.69) is 0 Å². The second-order valence-electron chi connectivity index (χ2n) is 6.44. The van der Waals surface area contributed by atoms with Gasteiger partial charge in [-0.2, -0.15) is 0 Å². The minimum atomic E-state index is -0.606. The fraction of sp³-hybridized carbons (Fsp3) is 0.200. The molecule has 1 aromatic heterocycles. The standard InChI is InChI=1S/C20H15NO5/c22-19(15-7-13-3-1-2-4-16(13)26-20(15)23)21-6-5-12-8-17-18(25-11-24-17)9-14(12)10-21/h1-4,7-9H,5-6,10-11H2. The fourth-order valence-electron chi connectivity index (χ4n) is 3.50. The number of hydrogen-bond acceptors (Lipinski definition) is 5. The first-order valence-corrected chi connectivity index (χ1v) is 8.42. The molecule has 0 radical (unpaired) electrons. The minimum Gasteiger partial charge on any atom is -0.454 e. The first-order valence-electron chi connectivity index (χ1n) is 8.42. The zero-order valence-electron chi connectivity index (χ0n) is 13.9. The summed E-state index contributed by atoms with van der Waals surface area (Å²) in [5.41, 5.74) is 2.09. The molecule has 0 saturated heterocycles. The predicted molar refractivity (Wildman–Crippen MR) is 93.5 cm³/mol. The number of benzene rings is 2. The quantitative estimate of drug-likeness (QED) is 0.632. The van der Waals surface area contributed by atoms with E-state index in [1.807, 2.05) is 24.3 Å². The Kier molecular flexibility index (Phi) is 3.25. The van der Waals surface area contributed by atoms with Crippen LogP contribution >= 0.6 is 0 Å². The summed E-state index contributed by atoms with van der Waals surface area (Å²) in [6, 6.07) is 12.7. The van der Waals surface area contributed by atoms with Crippen LogP contribution in [-0.4, -0.2) is 24.1 Å². The van der Waals surface area contributed by atoms with Crippen LogP contribution in [0.1, 0.15) is 21.5 Å². The van der Waals surface area contributed by atoms with Gasteiger partial charge in [-0.15, -0.1) is 0 Å².